The lowest BCUT2D eigenvalue weighted by Crippen LogP contribution is -2.46. The summed E-state index contributed by atoms with van der Waals surface area (Å²) in [7, 11) is 1.61. The van der Waals surface area contributed by atoms with Crippen LogP contribution in [-0.4, -0.2) is 59.8 Å². The molecule has 0 spiro atoms. The van der Waals surface area contributed by atoms with Gasteiger partial charge in [-0.2, -0.15) is 5.10 Å². The molecule has 0 bridgehead atoms. The number of aromatic nitrogens is 2. The van der Waals surface area contributed by atoms with Gasteiger partial charge in [-0.1, -0.05) is 0 Å². The topological polar surface area (TPSA) is 102 Å². The number of ether oxygens (including phenoxy) is 1. The van der Waals surface area contributed by atoms with E-state index in [9.17, 15) is 9.59 Å². The predicted molar refractivity (Wildman–Crippen MR) is 101 cm³/mol. The molecule has 1 aliphatic heterocycles. The third-order valence-electron chi connectivity index (χ3n) is 4.67. The maximum absolute atomic E-state index is 12.8. The zero-order valence-corrected chi connectivity index (χ0v) is 15.4. The van der Waals surface area contributed by atoms with E-state index in [2.05, 4.69) is 10.4 Å². The lowest BCUT2D eigenvalue weighted by Gasteiger charge is -2.31. The molecule has 3 rings (SSSR count). The molecule has 1 unspecified atom stereocenters. The second-order valence-corrected chi connectivity index (χ2v) is 6.51. The number of methoxy groups -OCH3 is 1. The molecule has 2 heterocycles. The van der Waals surface area contributed by atoms with Crippen LogP contribution in [-0.2, 0) is 4.79 Å². The van der Waals surface area contributed by atoms with E-state index >= 15 is 0 Å². The Balaban J connectivity index is 1.66. The number of piperidine rings is 1. The minimum Gasteiger partial charge on any atom is -0.497 e. The van der Waals surface area contributed by atoms with Crippen LogP contribution in [0.15, 0.2) is 36.5 Å². The van der Waals surface area contributed by atoms with Crippen molar-refractivity contribution in [3.8, 4) is 11.4 Å². The molecule has 1 atom stereocenters. The van der Waals surface area contributed by atoms with E-state index in [1.807, 2.05) is 24.3 Å². The van der Waals surface area contributed by atoms with Gasteiger partial charge in [-0.15, -0.1) is 0 Å². The van der Waals surface area contributed by atoms with Crippen molar-refractivity contribution in [2.75, 3.05) is 33.3 Å². The van der Waals surface area contributed by atoms with Crippen LogP contribution >= 0.6 is 0 Å². The van der Waals surface area contributed by atoms with Crippen molar-refractivity contribution in [2.24, 2.45) is 11.7 Å². The quantitative estimate of drug-likeness (QED) is 0.782. The van der Waals surface area contributed by atoms with Gasteiger partial charge < -0.3 is 20.7 Å². The lowest BCUT2D eigenvalue weighted by molar-refractivity contribution is -0.126. The van der Waals surface area contributed by atoms with Gasteiger partial charge in [0, 0.05) is 32.4 Å². The fourth-order valence-corrected chi connectivity index (χ4v) is 3.19. The number of benzene rings is 1. The highest BCUT2D eigenvalue weighted by Gasteiger charge is 2.29. The third-order valence-corrected chi connectivity index (χ3v) is 4.67. The van der Waals surface area contributed by atoms with Crippen LogP contribution in [0.4, 0.5) is 0 Å². The zero-order valence-electron chi connectivity index (χ0n) is 15.4. The van der Waals surface area contributed by atoms with Gasteiger partial charge in [0.2, 0.25) is 5.91 Å². The summed E-state index contributed by atoms with van der Waals surface area (Å²) in [4.78, 5) is 26.7. The molecule has 8 nitrogen and oxygen atoms in total. The highest BCUT2D eigenvalue weighted by molar-refractivity contribution is 5.93. The van der Waals surface area contributed by atoms with Crippen LogP contribution in [0.5, 0.6) is 5.75 Å². The van der Waals surface area contributed by atoms with Crippen molar-refractivity contribution in [3.05, 3.63) is 42.2 Å². The van der Waals surface area contributed by atoms with Crippen molar-refractivity contribution in [1.82, 2.24) is 20.0 Å². The second-order valence-electron chi connectivity index (χ2n) is 6.51. The largest absolute Gasteiger partial charge is 0.497 e. The predicted octanol–water partition coefficient (Wildman–Crippen LogP) is 0.808. The van der Waals surface area contributed by atoms with Crippen LogP contribution < -0.4 is 15.8 Å². The minimum atomic E-state index is -0.196. The fraction of sp³-hybridized carbons (Fsp3) is 0.421. The van der Waals surface area contributed by atoms with Crippen molar-refractivity contribution in [2.45, 2.75) is 12.8 Å². The molecule has 8 heteroatoms. The molecule has 1 aromatic heterocycles. The first-order valence-electron chi connectivity index (χ1n) is 9.09. The number of nitrogens with zero attached hydrogens (tertiary/aromatic N) is 3. The number of amides is 2. The first-order chi connectivity index (χ1) is 13.1. The van der Waals surface area contributed by atoms with Crippen LogP contribution in [0.25, 0.3) is 5.69 Å². The summed E-state index contributed by atoms with van der Waals surface area (Å²) in [5, 5.41) is 7.20. The highest BCUT2D eigenvalue weighted by Crippen LogP contribution is 2.19. The number of rotatable bonds is 6. The molecule has 1 fully saturated rings. The second kappa shape index (κ2) is 8.68. The van der Waals surface area contributed by atoms with Gasteiger partial charge in [-0.05, 0) is 43.2 Å². The van der Waals surface area contributed by atoms with Gasteiger partial charge in [0.1, 0.15) is 5.75 Å². The Morgan fingerprint density at radius 2 is 2.07 bits per heavy atom. The Hall–Kier alpha value is -2.87. The summed E-state index contributed by atoms with van der Waals surface area (Å²) in [5.41, 5.74) is 6.64. The third kappa shape index (κ3) is 4.46. The van der Waals surface area contributed by atoms with E-state index in [4.69, 9.17) is 10.5 Å². The van der Waals surface area contributed by atoms with E-state index in [0.717, 1.165) is 24.3 Å². The van der Waals surface area contributed by atoms with Gasteiger partial charge in [0.05, 0.1) is 18.7 Å². The first kappa shape index (κ1) is 18.9. The summed E-state index contributed by atoms with van der Waals surface area (Å²) in [6.45, 7) is 1.90. The molecule has 3 N–H and O–H groups in total. The molecule has 2 amide bonds. The standard InChI is InChI=1S/C19H25N5O3/c1-27-16-6-4-15(5-7-16)24-12-8-17(22-24)19(26)23-11-2-3-14(13-23)18(25)21-10-9-20/h4-8,12,14H,2-3,9-11,13,20H2,1H3,(H,21,25). The zero-order chi connectivity index (χ0) is 19.2. The Labute approximate surface area is 158 Å². The van der Waals surface area contributed by atoms with Gasteiger partial charge in [0.25, 0.3) is 5.91 Å². The molecule has 1 aromatic carbocycles. The SMILES string of the molecule is COc1ccc(-n2ccc(C(=O)N3CCCC(C(=O)NCCN)C3)n2)cc1. The van der Waals surface area contributed by atoms with Crippen molar-refractivity contribution in [3.63, 3.8) is 0 Å². The monoisotopic (exact) mass is 371 g/mol. The average molecular weight is 371 g/mol. The van der Waals surface area contributed by atoms with E-state index < -0.39 is 0 Å². The smallest absolute Gasteiger partial charge is 0.274 e. The Morgan fingerprint density at radius 1 is 1.30 bits per heavy atom. The number of hydrogen-bond acceptors (Lipinski definition) is 5. The summed E-state index contributed by atoms with van der Waals surface area (Å²) in [6, 6.07) is 9.13. The van der Waals surface area contributed by atoms with E-state index in [-0.39, 0.29) is 17.7 Å². The molecule has 144 valence electrons. The molecular weight excluding hydrogens is 346 g/mol. The summed E-state index contributed by atoms with van der Waals surface area (Å²) < 4.78 is 6.81. The molecule has 1 aliphatic rings. The molecule has 0 saturated carbocycles. The maximum Gasteiger partial charge on any atom is 0.274 e. The first-order valence-corrected chi connectivity index (χ1v) is 9.09. The van der Waals surface area contributed by atoms with Crippen molar-refractivity contribution < 1.29 is 14.3 Å². The van der Waals surface area contributed by atoms with Gasteiger partial charge >= 0.3 is 0 Å². The Bertz CT molecular complexity index is 787. The highest BCUT2D eigenvalue weighted by atomic mass is 16.5. The number of carbonyl (C=O) groups is 2. The van der Waals surface area contributed by atoms with Crippen LogP contribution in [0, 0.1) is 5.92 Å². The summed E-state index contributed by atoms with van der Waals surface area (Å²) in [6.07, 6.45) is 3.33. The summed E-state index contributed by atoms with van der Waals surface area (Å²) in [5.74, 6) is 0.368. The van der Waals surface area contributed by atoms with Gasteiger partial charge in [-0.25, -0.2) is 4.68 Å². The molecule has 0 radical (unpaired) electrons. The van der Waals surface area contributed by atoms with Crippen molar-refractivity contribution in [1.29, 1.82) is 0 Å². The fourth-order valence-electron chi connectivity index (χ4n) is 3.19. The minimum absolute atomic E-state index is 0.0401. The van der Waals surface area contributed by atoms with Gasteiger partial charge in [-0.3, -0.25) is 9.59 Å². The number of carbonyl (C=O) groups excluding carboxylic acids is 2. The van der Waals surface area contributed by atoms with Crippen LogP contribution in [0.2, 0.25) is 0 Å². The molecule has 2 aromatic rings. The molecular formula is C19H25N5O3. The van der Waals surface area contributed by atoms with Crippen LogP contribution in [0.1, 0.15) is 23.3 Å². The van der Waals surface area contributed by atoms with E-state index in [1.165, 1.54) is 0 Å². The maximum atomic E-state index is 12.8. The molecule has 0 aliphatic carbocycles. The normalized spacial score (nSPS) is 16.8. The van der Waals surface area contributed by atoms with Gasteiger partial charge in [0.15, 0.2) is 5.69 Å². The number of likely N-dealkylation sites (tertiary alicyclic amines) is 1. The average Bonchev–Trinajstić information content (AvgIpc) is 3.21. The molecule has 27 heavy (non-hydrogen) atoms. The number of nitrogens with two attached hydrogens (primary N) is 1. The number of hydrogen-bond donors (Lipinski definition) is 2. The molecule has 1 saturated heterocycles. The van der Waals surface area contributed by atoms with Crippen molar-refractivity contribution >= 4 is 11.8 Å². The Morgan fingerprint density at radius 3 is 2.78 bits per heavy atom. The van der Waals surface area contributed by atoms with E-state index in [1.54, 1.807) is 29.0 Å². The lowest BCUT2D eigenvalue weighted by atomic mass is 9.97. The van der Waals surface area contributed by atoms with E-state index in [0.29, 0.717) is 31.9 Å². The summed E-state index contributed by atoms with van der Waals surface area (Å²) >= 11 is 0. The Kier molecular flexibility index (Phi) is 6.08. The van der Waals surface area contributed by atoms with Crippen LogP contribution in [0.3, 0.4) is 0 Å². The number of nitrogens with one attached hydrogen (secondary N) is 1.